The average molecular weight is 298 g/mol. The monoisotopic (exact) mass is 298 g/mol. The van der Waals surface area contributed by atoms with Gasteiger partial charge in [0.2, 0.25) is 0 Å². The summed E-state index contributed by atoms with van der Waals surface area (Å²) in [5.74, 6) is -3.04. The Kier molecular flexibility index (Phi) is 4.52. The molecule has 1 fully saturated rings. The number of carbonyl (C=O) groups excluding carboxylic acids is 1. The molecule has 1 aromatic rings. The Morgan fingerprint density at radius 2 is 1.81 bits per heavy atom. The van der Waals surface area contributed by atoms with Crippen LogP contribution in [-0.2, 0) is 4.79 Å². The average Bonchev–Trinajstić information content (AvgIpc) is 2.46. The highest BCUT2D eigenvalue weighted by Gasteiger charge is 2.28. The number of nitrogens with zero attached hydrogens (tertiary/aromatic N) is 2. The molecule has 1 saturated heterocycles. The zero-order chi connectivity index (χ0) is 15.6. The van der Waals surface area contributed by atoms with E-state index in [0.29, 0.717) is 32.2 Å². The number of benzene rings is 1. The fraction of sp³-hybridized carbons (Fsp3) is 0.429. The summed E-state index contributed by atoms with van der Waals surface area (Å²) in [4.78, 5) is 26.3. The van der Waals surface area contributed by atoms with Crippen molar-refractivity contribution in [3.63, 3.8) is 0 Å². The van der Waals surface area contributed by atoms with Crippen molar-refractivity contribution in [1.82, 2.24) is 9.80 Å². The maximum Gasteiger partial charge on any atom is 0.320 e. The highest BCUT2D eigenvalue weighted by Crippen LogP contribution is 2.15. The van der Waals surface area contributed by atoms with Gasteiger partial charge in [0, 0.05) is 32.2 Å². The molecule has 7 heteroatoms. The lowest BCUT2D eigenvalue weighted by Crippen LogP contribution is -2.53. The van der Waals surface area contributed by atoms with Crippen LogP contribution in [0.25, 0.3) is 0 Å². The molecule has 1 N–H and O–H groups in total. The van der Waals surface area contributed by atoms with E-state index in [-0.39, 0.29) is 5.56 Å². The van der Waals surface area contributed by atoms with Gasteiger partial charge in [-0.3, -0.25) is 14.5 Å². The predicted octanol–water partition coefficient (Wildman–Crippen LogP) is 1.20. The number of aliphatic carboxylic acids is 1. The largest absolute Gasteiger partial charge is 0.480 e. The summed E-state index contributed by atoms with van der Waals surface area (Å²) in [6.07, 6.45) is 0. The first-order valence-corrected chi connectivity index (χ1v) is 6.61. The summed E-state index contributed by atoms with van der Waals surface area (Å²) in [5.41, 5.74) is -0.170. The number of halogens is 2. The van der Waals surface area contributed by atoms with Gasteiger partial charge in [0.15, 0.2) is 0 Å². The molecule has 1 amide bonds. The van der Waals surface area contributed by atoms with E-state index in [9.17, 15) is 18.4 Å². The summed E-state index contributed by atoms with van der Waals surface area (Å²) < 4.78 is 26.4. The lowest BCUT2D eigenvalue weighted by molar-refractivity contribution is -0.143. The summed E-state index contributed by atoms with van der Waals surface area (Å²) in [6.45, 7) is 3.02. The molecule has 1 atom stereocenters. The molecule has 5 nitrogen and oxygen atoms in total. The quantitative estimate of drug-likeness (QED) is 0.911. The van der Waals surface area contributed by atoms with Gasteiger partial charge >= 0.3 is 5.97 Å². The maximum absolute atomic E-state index is 13.6. The lowest BCUT2D eigenvalue weighted by Gasteiger charge is -2.36. The first-order valence-electron chi connectivity index (χ1n) is 6.61. The number of hydrogen-bond donors (Lipinski definition) is 1. The highest BCUT2D eigenvalue weighted by atomic mass is 19.1. The third kappa shape index (κ3) is 3.36. The minimum Gasteiger partial charge on any atom is -0.480 e. The Labute approximate surface area is 120 Å². The van der Waals surface area contributed by atoms with Gasteiger partial charge in [0.25, 0.3) is 5.91 Å². The molecule has 0 bridgehead atoms. The number of amides is 1. The second kappa shape index (κ2) is 6.17. The van der Waals surface area contributed by atoms with E-state index in [2.05, 4.69) is 0 Å². The fourth-order valence-electron chi connectivity index (χ4n) is 2.30. The molecule has 0 spiro atoms. The molecular weight excluding hydrogens is 282 g/mol. The zero-order valence-corrected chi connectivity index (χ0v) is 11.6. The van der Waals surface area contributed by atoms with Crippen LogP contribution in [0, 0.1) is 11.6 Å². The van der Waals surface area contributed by atoms with Crippen LogP contribution < -0.4 is 0 Å². The van der Waals surface area contributed by atoms with Gasteiger partial charge in [-0.05, 0) is 19.1 Å². The van der Waals surface area contributed by atoms with Gasteiger partial charge in [0.05, 0.1) is 5.56 Å². The van der Waals surface area contributed by atoms with Crippen molar-refractivity contribution < 1.29 is 23.5 Å². The first-order chi connectivity index (χ1) is 9.90. The van der Waals surface area contributed by atoms with Crippen LogP contribution in [-0.4, -0.2) is 59.0 Å². The number of rotatable bonds is 3. The third-order valence-electron chi connectivity index (χ3n) is 3.67. The summed E-state index contributed by atoms with van der Waals surface area (Å²) >= 11 is 0. The standard InChI is InChI=1S/C14H16F2N2O3/c1-9(14(20)21)17-4-6-18(7-5-17)13(19)11-3-2-10(15)8-12(11)16/h2-3,8-9H,4-7H2,1H3,(H,20,21). The van der Waals surface area contributed by atoms with Gasteiger partial charge in [-0.1, -0.05) is 0 Å². The minimum atomic E-state index is -0.917. The van der Waals surface area contributed by atoms with Gasteiger partial charge in [-0.15, -0.1) is 0 Å². The minimum absolute atomic E-state index is 0.170. The van der Waals surface area contributed by atoms with Crippen molar-refractivity contribution in [3.05, 3.63) is 35.4 Å². The van der Waals surface area contributed by atoms with Crippen molar-refractivity contribution in [2.24, 2.45) is 0 Å². The first kappa shape index (κ1) is 15.4. The van der Waals surface area contributed by atoms with Gasteiger partial charge in [-0.25, -0.2) is 8.78 Å². The lowest BCUT2D eigenvalue weighted by atomic mass is 10.1. The molecule has 1 aliphatic heterocycles. The van der Waals surface area contributed by atoms with Crippen LogP contribution in [0.2, 0.25) is 0 Å². The van der Waals surface area contributed by atoms with Crippen molar-refractivity contribution >= 4 is 11.9 Å². The van der Waals surface area contributed by atoms with Crippen LogP contribution >= 0.6 is 0 Å². The molecule has 1 unspecified atom stereocenters. The summed E-state index contributed by atoms with van der Waals surface area (Å²) in [7, 11) is 0. The molecule has 0 radical (unpaired) electrons. The Morgan fingerprint density at radius 1 is 1.19 bits per heavy atom. The summed E-state index contributed by atoms with van der Waals surface area (Å²) in [6, 6.07) is 2.22. The van der Waals surface area contributed by atoms with Gasteiger partial charge in [-0.2, -0.15) is 0 Å². The Balaban J connectivity index is 2.02. The fourth-order valence-corrected chi connectivity index (χ4v) is 2.30. The number of carboxylic acids is 1. The molecule has 21 heavy (non-hydrogen) atoms. The molecule has 1 heterocycles. The van der Waals surface area contributed by atoms with Gasteiger partial charge in [0.1, 0.15) is 17.7 Å². The molecule has 114 valence electrons. The topological polar surface area (TPSA) is 60.9 Å². The van der Waals surface area contributed by atoms with Crippen molar-refractivity contribution in [2.75, 3.05) is 26.2 Å². The normalized spacial score (nSPS) is 17.6. The number of carboxylic acid groups (broad SMARTS) is 1. The SMILES string of the molecule is CC(C(=O)O)N1CCN(C(=O)c2ccc(F)cc2F)CC1. The zero-order valence-electron chi connectivity index (χ0n) is 11.6. The predicted molar refractivity (Wildman–Crippen MR) is 70.9 cm³/mol. The summed E-state index contributed by atoms with van der Waals surface area (Å²) in [5, 5.41) is 8.94. The number of piperazine rings is 1. The smallest absolute Gasteiger partial charge is 0.320 e. The van der Waals surface area contributed by atoms with E-state index < -0.39 is 29.6 Å². The van der Waals surface area contributed by atoms with E-state index in [1.165, 1.54) is 4.90 Å². The van der Waals surface area contributed by atoms with Crippen LogP contribution in [0.3, 0.4) is 0 Å². The molecule has 1 aromatic carbocycles. The number of carbonyl (C=O) groups is 2. The van der Waals surface area contributed by atoms with E-state index in [4.69, 9.17) is 5.11 Å². The van der Waals surface area contributed by atoms with Crippen molar-refractivity contribution in [1.29, 1.82) is 0 Å². The van der Waals surface area contributed by atoms with Crippen LogP contribution in [0.1, 0.15) is 17.3 Å². The van der Waals surface area contributed by atoms with E-state index in [1.54, 1.807) is 11.8 Å². The van der Waals surface area contributed by atoms with Gasteiger partial charge < -0.3 is 10.0 Å². The van der Waals surface area contributed by atoms with E-state index in [1.807, 2.05) is 0 Å². The Morgan fingerprint density at radius 3 is 2.33 bits per heavy atom. The molecule has 0 aromatic heterocycles. The second-order valence-corrected chi connectivity index (χ2v) is 4.97. The van der Waals surface area contributed by atoms with Crippen LogP contribution in [0.15, 0.2) is 18.2 Å². The van der Waals surface area contributed by atoms with Crippen molar-refractivity contribution in [3.8, 4) is 0 Å². The number of hydrogen-bond acceptors (Lipinski definition) is 3. The Bertz CT molecular complexity index is 557. The molecule has 0 aliphatic carbocycles. The highest BCUT2D eigenvalue weighted by molar-refractivity contribution is 5.94. The molecule has 2 rings (SSSR count). The molecule has 1 aliphatic rings. The van der Waals surface area contributed by atoms with E-state index in [0.717, 1.165) is 12.1 Å². The van der Waals surface area contributed by atoms with Crippen LogP contribution in [0.5, 0.6) is 0 Å². The van der Waals surface area contributed by atoms with Crippen LogP contribution in [0.4, 0.5) is 8.78 Å². The maximum atomic E-state index is 13.6. The third-order valence-corrected chi connectivity index (χ3v) is 3.67. The Hall–Kier alpha value is -2.02. The van der Waals surface area contributed by atoms with Crippen molar-refractivity contribution in [2.45, 2.75) is 13.0 Å². The second-order valence-electron chi connectivity index (χ2n) is 4.97. The molecular formula is C14H16F2N2O3. The molecule has 0 saturated carbocycles. The van der Waals surface area contributed by atoms with E-state index >= 15 is 0 Å².